The standard InChI is InChI=1S/C9H13FO8.2Na.2H/c1-2-4(11)5(12)6(13)9(17-2)18-8(16)3(10)7(14)15;;;;/h2-6,9,11-13H,1H3,(H,14,15);;;;/t2-,3?,4-,5+,6+,9?;;;;/m0..../s1. The van der Waals surface area contributed by atoms with Gasteiger partial charge in [-0.1, -0.05) is 0 Å². The average molecular weight is 316 g/mol. The van der Waals surface area contributed by atoms with Crippen LogP contribution in [0.5, 0.6) is 0 Å². The number of aliphatic carboxylic acids is 1. The van der Waals surface area contributed by atoms with Crippen molar-refractivity contribution in [2.45, 2.75) is 43.8 Å². The van der Waals surface area contributed by atoms with Crippen molar-refractivity contribution >= 4 is 71.1 Å². The van der Waals surface area contributed by atoms with Gasteiger partial charge in [-0.05, 0) is 6.92 Å². The third-order valence-corrected chi connectivity index (χ3v) is 2.46. The molecule has 0 amide bonds. The van der Waals surface area contributed by atoms with Crippen LogP contribution in [-0.4, -0.2) is 128 Å². The van der Waals surface area contributed by atoms with Gasteiger partial charge in [0.2, 0.25) is 6.29 Å². The summed E-state index contributed by atoms with van der Waals surface area (Å²) in [6, 6.07) is 0. The first-order valence-corrected chi connectivity index (χ1v) is 5.02. The molecule has 0 aromatic carbocycles. The summed E-state index contributed by atoms with van der Waals surface area (Å²) in [7, 11) is 0. The fraction of sp³-hybridized carbons (Fsp3) is 0.778. The van der Waals surface area contributed by atoms with E-state index in [4.69, 9.17) is 9.84 Å². The second-order valence-corrected chi connectivity index (χ2v) is 3.82. The maximum atomic E-state index is 12.7. The van der Waals surface area contributed by atoms with Crippen LogP contribution in [0.15, 0.2) is 0 Å². The van der Waals surface area contributed by atoms with Gasteiger partial charge in [0.05, 0.1) is 6.10 Å². The Hall–Kier alpha value is 0.710. The van der Waals surface area contributed by atoms with Crippen molar-refractivity contribution in [2.24, 2.45) is 0 Å². The molecule has 0 aliphatic carbocycles. The monoisotopic (exact) mass is 316 g/mol. The molecule has 0 spiro atoms. The number of ether oxygens (including phenoxy) is 2. The third kappa shape index (κ3) is 5.48. The van der Waals surface area contributed by atoms with E-state index in [1.165, 1.54) is 6.92 Å². The first-order valence-electron chi connectivity index (χ1n) is 5.02. The van der Waals surface area contributed by atoms with Crippen LogP contribution in [0, 0.1) is 0 Å². The molecule has 1 saturated heterocycles. The summed E-state index contributed by atoms with van der Waals surface area (Å²) in [6.07, 6.45) is -10.5. The number of aliphatic hydroxyl groups excluding tert-OH is 3. The Labute approximate surface area is 157 Å². The maximum absolute atomic E-state index is 12.7. The SMILES string of the molecule is C[C@@H]1OC(OC(=O)C(F)C(=O)O)[C@H](O)[C@H](O)[C@H]1O.[NaH].[NaH]. The number of carbonyl (C=O) groups is 2. The van der Waals surface area contributed by atoms with E-state index in [9.17, 15) is 29.3 Å². The number of carboxylic acids is 1. The molecule has 0 aromatic heterocycles. The van der Waals surface area contributed by atoms with E-state index >= 15 is 0 Å². The van der Waals surface area contributed by atoms with Crippen LogP contribution in [0.4, 0.5) is 4.39 Å². The fourth-order valence-corrected chi connectivity index (χ4v) is 1.39. The van der Waals surface area contributed by atoms with E-state index in [-0.39, 0.29) is 59.1 Å². The van der Waals surface area contributed by atoms with Gasteiger partial charge in [0.25, 0.3) is 6.17 Å². The Morgan fingerprint density at radius 1 is 1.15 bits per heavy atom. The van der Waals surface area contributed by atoms with Crippen LogP contribution in [0.3, 0.4) is 0 Å². The van der Waals surface area contributed by atoms with E-state index in [0.29, 0.717) is 0 Å². The summed E-state index contributed by atoms with van der Waals surface area (Å²) < 4.78 is 21.8. The van der Waals surface area contributed by atoms with Crippen LogP contribution in [0.25, 0.3) is 0 Å². The predicted molar refractivity (Wildman–Crippen MR) is 65.3 cm³/mol. The Bertz CT molecular complexity index is 344. The minimum absolute atomic E-state index is 0. The fourth-order valence-electron chi connectivity index (χ4n) is 1.39. The first kappa shape index (κ1) is 23.0. The molecule has 1 aliphatic rings. The Morgan fingerprint density at radius 2 is 1.65 bits per heavy atom. The number of hydrogen-bond donors (Lipinski definition) is 4. The van der Waals surface area contributed by atoms with Crippen LogP contribution >= 0.6 is 0 Å². The number of carbonyl (C=O) groups excluding carboxylic acids is 1. The van der Waals surface area contributed by atoms with Crippen LogP contribution in [-0.2, 0) is 19.1 Å². The van der Waals surface area contributed by atoms with Crippen LogP contribution < -0.4 is 0 Å². The van der Waals surface area contributed by atoms with E-state index in [1.807, 2.05) is 0 Å². The summed E-state index contributed by atoms with van der Waals surface area (Å²) in [4.78, 5) is 21.2. The van der Waals surface area contributed by atoms with Crippen molar-refractivity contribution in [3.05, 3.63) is 0 Å². The molecule has 0 radical (unpaired) electrons. The Balaban J connectivity index is 0. The van der Waals surface area contributed by atoms with E-state index < -0.39 is 48.8 Å². The van der Waals surface area contributed by atoms with Gasteiger partial charge in [0.1, 0.15) is 18.3 Å². The second kappa shape index (κ2) is 9.67. The van der Waals surface area contributed by atoms with Crippen molar-refractivity contribution < 1.29 is 43.9 Å². The zero-order valence-electron chi connectivity index (χ0n) is 9.26. The molecule has 20 heavy (non-hydrogen) atoms. The molecule has 11 heteroatoms. The molecule has 6 atom stereocenters. The molecule has 1 fully saturated rings. The Kier molecular flexibility index (Phi) is 11.1. The van der Waals surface area contributed by atoms with Crippen LogP contribution in [0.1, 0.15) is 6.92 Å². The van der Waals surface area contributed by atoms with Gasteiger partial charge in [0.15, 0.2) is 0 Å². The van der Waals surface area contributed by atoms with Gasteiger partial charge in [0, 0.05) is 0 Å². The topological polar surface area (TPSA) is 134 Å². The van der Waals surface area contributed by atoms with Gasteiger partial charge in [-0.25, -0.2) is 14.0 Å². The van der Waals surface area contributed by atoms with Gasteiger partial charge in [-0.2, -0.15) is 0 Å². The number of esters is 1. The van der Waals surface area contributed by atoms with E-state index in [0.717, 1.165) is 0 Å². The average Bonchev–Trinajstić information content (AvgIpc) is 2.32. The Morgan fingerprint density at radius 3 is 2.10 bits per heavy atom. The molecular weight excluding hydrogens is 301 g/mol. The number of alkyl halides is 1. The van der Waals surface area contributed by atoms with Crippen molar-refractivity contribution in [1.82, 2.24) is 0 Å². The number of hydrogen-bond acceptors (Lipinski definition) is 7. The number of halogens is 1. The molecule has 1 heterocycles. The van der Waals surface area contributed by atoms with Crippen molar-refractivity contribution in [1.29, 1.82) is 0 Å². The van der Waals surface area contributed by atoms with E-state index in [1.54, 1.807) is 0 Å². The normalized spacial score (nSPS) is 34.1. The van der Waals surface area contributed by atoms with Gasteiger partial charge in [-0.3, -0.25) is 0 Å². The van der Waals surface area contributed by atoms with Gasteiger partial charge in [-0.15, -0.1) is 0 Å². The predicted octanol–water partition coefficient (Wildman–Crippen LogP) is -3.52. The second-order valence-electron chi connectivity index (χ2n) is 3.82. The van der Waals surface area contributed by atoms with Crippen LogP contribution in [0.2, 0.25) is 0 Å². The molecule has 8 nitrogen and oxygen atoms in total. The number of aliphatic hydroxyl groups is 3. The summed E-state index contributed by atoms with van der Waals surface area (Å²) in [6.45, 7) is 1.32. The number of rotatable bonds is 3. The third-order valence-electron chi connectivity index (χ3n) is 2.46. The molecule has 1 rings (SSSR count). The zero-order valence-corrected chi connectivity index (χ0v) is 9.26. The molecule has 0 bridgehead atoms. The quantitative estimate of drug-likeness (QED) is 0.239. The molecular formula is C9H15FNa2O8. The molecule has 0 saturated carbocycles. The van der Waals surface area contributed by atoms with Gasteiger partial charge >= 0.3 is 71.1 Å². The minimum atomic E-state index is -2.92. The van der Waals surface area contributed by atoms with E-state index in [2.05, 4.69) is 4.74 Å². The molecule has 0 aromatic rings. The first-order chi connectivity index (χ1) is 8.25. The summed E-state index contributed by atoms with van der Waals surface area (Å²) in [5, 5.41) is 36.3. The van der Waals surface area contributed by atoms with Crippen molar-refractivity contribution in [3.8, 4) is 0 Å². The van der Waals surface area contributed by atoms with Gasteiger partial charge < -0.3 is 29.9 Å². The van der Waals surface area contributed by atoms with Crippen molar-refractivity contribution in [2.75, 3.05) is 0 Å². The molecule has 1 aliphatic heterocycles. The summed E-state index contributed by atoms with van der Waals surface area (Å²) in [5.74, 6) is -3.80. The zero-order chi connectivity index (χ0) is 14.0. The van der Waals surface area contributed by atoms with Crippen molar-refractivity contribution in [3.63, 3.8) is 0 Å². The molecule has 108 valence electrons. The molecule has 4 N–H and O–H groups in total. The summed E-state index contributed by atoms with van der Waals surface area (Å²) >= 11 is 0. The summed E-state index contributed by atoms with van der Waals surface area (Å²) in [5.41, 5.74) is 0. The number of carboxylic acid groups (broad SMARTS) is 1. The molecule has 2 unspecified atom stereocenters.